The van der Waals surface area contributed by atoms with Crippen LogP contribution < -0.4 is 14.5 Å². The normalized spacial score (nSPS) is 29.8. The number of hydrogen-bond acceptors (Lipinski definition) is 6. The van der Waals surface area contributed by atoms with E-state index in [4.69, 9.17) is 4.74 Å². The lowest BCUT2D eigenvalue weighted by Gasteiger charge is -2.43. The van der Waals surface area contributed by atoms with Gasteiger partial charge in [-0.15, -0.1) is 11.8 Å². The minimum Gasteiger partial charge on any atom is -0.457 e. The number of imide groups is 1. The van der Waals surface area contributed by atoms with E-state index >= 15 is 0 Å². The first kappa shape index (κ1) is 24.2. The summed E-state index contributed by atoms with van der Waals surface area (Å²) in [5.41, 5.74) is 2.83. The number of carbonyl (C=O) groups is 2. The van der Waals surface area contributed by atoms with E-state index in [0.717, 1.165) is 38.9 Å². The van der Waals surface area contributed by atoms with Crippen molar-refractivity contribution < 1.29 is 14.3 Å². The lowest BCUT2D eigenvalue weighted by atomic mass is 9.68. The van der Waals surface area contributed by atoms with Crippen LogP contribution in [-0.2, 0) is 9.59 Å². The second-order valence-electron chi connectivity index (χ2n) is 11.3. The van der Waals surface area contributed by atoms with Crippen LogP contribution in [-0.4, -0.2) is 22.0 Å². The number of thioether (sulfide) groups is 1. The highest BCUT2D eigenvalue weighted by atomic mass is 32.2. The Morgan fingerprint density at radius 3 is 2.35 bits per heavy atom. The molecule has 2 aliphatic heterocycles. The number of hydrogen-bond donors (Lipinski definition) is 1. The number of rotatable bonds is 4. The van der Waals surface area contributed by atoms with Crippen molar-refractivity contribution >= 4 is 40.6 Å². The Morgan fingerprint density at radius 2 is 1.57 bits per heavy atom. The molecule has 40 heavy (non-hydrogen) atoms. The highest BCUT2D eigenvalue weighted by Crippen LogP contribution is 2.68. The van der Waals surface area contributed by atoms with Gasteiger partial charge in [-0.2, -0.15) is 0 Å². The zero-order valence-corrected chi connectivity index (χ0v) is 23.3. The van der Waals surface area contributed by atoms with Crippen LogP contribution in [0.1, 0.15) is 28.3 Å². The van der Waals surface area contributed by atoms with Gasteiger partial charge in [-0.05, 0) is 73.1 Å². The number of amides is 2. The van der Waals surface area contributed by atoms with Gasteiger partial charge in [0.05, 0.1) is 22.5 Å². The highest BCUT2D eigenvalue weighted by molar-refractivity contribution is 8.00. The summed E-state index contributed by atoms with van der Waals surface area (Å²) in [6.07, 6.45) is 0.868. The number of aromatic amines is 1. The molecule has 0 radical (unpaired) electrons. The maximum Gasteiger partial charge on any atom is 0.305 e. The van der Waals surface area contributed by atoms with Crippen molar-refractivity contribution in [1.29, 1.82) is 0 Å². The maximum atomic E-state index is 13.9. The van der Waals surface area contributed by atoms with E-state index in [-0.39, 0.29) is 57.4 Å². The zero-order valence-electron chi connectivity index (χ0n) is 21.7. The highest BCUT2D eigenvalue weighted by Gasteiger charge is 2.69. The smallest absolute Gasteiger partial charge is 0.305 e. The number of thiazole rings is 1. The molecule has 2 bridgehead atoms. The fourth-order valence-corrected chi connectivity index (χ4v) is 10.6. The number of aryl methyl sites for hydroxylation is 1. The fraction of sp³-hybridized carbons (Fsp3) is 0.281. The Kier molecular flexibility index (Phi) is 5.41. The predicted octanol–water partition coefficient (Wildman–Crippen LogP) is 6.22. The molecule has 200 valence electrons. The van der Waals surface area contributed by atoms with Crippen LogP contribution in [0, 0.1) is 36.5 Å². The van der Waals surface area contributed by atoms with Gasteiger partial charge in [0, 0.05) is 16.0 Å². The minimum absolute atomic E-state index is 0.0446. The number of nitrogens with one attached hydrogen (secondary N) is 1. The lowest BCUT2D eigenvalue weighted by molar-refractivity contribution is -0.123. The predicted molar refractivity (Wildman–Crippen MR) is 155 cm³/mol. The monoisotopic (exact) mass is 566 g/mol. The van der Waals surface area contributed by atoms with Crippen molar-refractivity contribution in [2.24, 2.45) is 29.6 Å². The standard InChI is InChI=1S/C32H26N2O4S2/c1-16-10-12-18(13-11-16)34-30(35)25-21-15-22(26(25)31(34)36)27-24(21)23(28-29(39-27)33-32(37)40-28)17-6-5-9-20(14-17)38-19-7-3-2-4-8-19/h2-14,21-27H,15H2,1H3,(H,33,37)/t21?,22?,23-,24?,25?,26?,27?/m1/s1. The third kappa shape index (κ3) is 3.52. The average Bonchev–Trinajstić information content (AvgIpc) is 3.69. The number of fused-ring (bicyclic) bond motifs is 9. The van der Waals surface area contributed by atoms with Gasteiger partial charge in [0.1, 0.15) is 11.5 Å². The molecule has 4 aromatic rings. The van der Waals surface area contributed by atoms with Crippen LogP contribution in [0.4, 0.5) is 5.69 Å². The molecule has 7 atom stereocenters. The summed E-state index contributed by atoms with van der Waals surface area (Å²) in [7, 11) is 0. The number of H-pyrrole nitrogens is 1. The van der Waals surface area contributed by atoms with Crippen LogP contribution in [0.2, 0.25) is 0 Å². The Labute approximate surface area is 239 Å². The number of para-hydroxylation sites is 1. The van der Waals surface area contributed by atoms with Gasteiger partial charge in [0.15, 0.2) is 0 Å². The summed E-state index contributed by atoms with van der Waals surface area (Å²) in [5, 5.41) is 1.06. The summed E-state index contributed by atoms with van der Waals surface area (Å²) in [6, 6.07) is 25.5. The Bertz CT molecular complexity index is 1710. The van der Waals surface area contributed by atoms with Crippen molar-refractivity contribution in [3.8, 4) is 11.5 Å². The molecule has 8 heteroatoms. The first-order valence-corrected chi connectivity index (χ1v) is 15.3. The van der Waals surface area contributed by atoms with Crippen LogP contribution in [0.5, 0.6) is 11.5 Å². The van der Waals surface area contributed by atoms with Crippen molar-refractivity contribution in [2.75, 3.05) is 4.90 Å². The SMILES string of the molecule is Cc1ccc(N2C(=O)C3C4CC(C3C2=O)C2C4Sc3[nH]c(=O)sc3[C@@H]2c2cccc(Oc3ccccc3)c2)cc1. The molecule has 2 aliphatic carbocycles. The third-order valence-electron chi connectivity index (χ3n) is 9.21. The summed E-state index contributed by atoms with van der Waals surface area (Å²) < 4.78 is 6.17. The van der Waals surface area contributed by atoms with E-state index in [1.165, 1.54) is 16.2 Å². The van der Waals surface area contributed by atoms with Gasteiger partial charge in [-0.3, -0.25) is 19.3 Å². The van der Waals surface area contributed by atoms with E-state index in [9.17, 15) is 14.4 Å². The summed E-state index contributed by atoms with van der Waals surface area (Å²) in [4.78, 5) is 45.8. The molecular formula is C32H26N2O4S2. The van der Waals surface area contributed by atoms with Gasteiger partial charge >= 0.3 is 4.87 Å². The lowest BCUT2D eigenvalue weighted by Crippen LogP contribution is -2.42. The second kappa shape index (κ2) is 8.94. The average molecular weight is 567 g/mol. The van der Waals surface area contributed by atoms with Crippen molar-refractivity contribution in [1.82, 2.24) is 4.98 Å². The summed E-state index contributed by atoms with van der Waals surface area (Å²) in [5.74, 6) is 1.03. The Balaban J connectivity index is 1.19. The molecule has 3 aromatic carbocycles. The molecule has 4 aliphatic rings. The number of nitrogens with zero attached hydrogens (tertiary/aromatic N) is 1. The summed E-state index contributed by atoms with van der Waals surface area (Å²) >= 11 is 2.98. The topological polar surface area (TPSA) is 79.5 Å². The van der Waals surface area contributed by atoms with Crippen LogP contribution >= 0.6 is 23.1 Å². The minimum atomic E-state index is -0.316. The van der Waals surface area contributed by atoms with Crippen LogP contribution in [0.25, 0.3) is 0 Å². The number of carbonyl (C=O) groups excluding carboxylic acids is 2. The van der Waals surface area contributed by atoms with Crippen LogP contribution in [0.3, 0.4) is 0 Å². The Morgan fingerprint density at radius 1 is 0.850 bits per heavy atom. The molecule has 2 amide bonds. The number of ether oxygens (including phenoxy) is 1. The van der Waals surface area contributed by atoms with Gasteiger partial charge in [0.2, 0.25) is 11.8 Å². The molecule has 6 nitrogen and oxygen atoms in total. The largest absolute Gasteiger partial charge is 0.457 e. The molecule has 6 unspecified atom stereocenters. The van der Waals surface area contributed by atoms with E-state index in [0.29, 0.717) is 5.69 Å². The molecule has 1 saturated heterocycles. The second-order valence-corrected chi connectivity index (χ2v) is 13.5. The fourth-order valence-electron chi connectivity index (χ4n) is 7.73. The molecule has 8 rings (SSSR count). The Hall–Kier alpha value is -3.62. The maximum absolute atomic E-state index is 13.9. The molecule has 1 aromatic heterocycles. The number of aromatic nitrogens is 1. The molecule has 1 N–H and O–H groups in total. The molecule has 2 saturated carbocycles. The first-order chi connectivity index (χ1) is 19.5. The van der Waals surface area contributed by atoms with Gasteiger partial charge in [-0.1, -0.05) is 59.4 Å². The molecule has 3 heterocycles. The van der Waals surface area contributed by atoms with E-state index in [1.54, 1.807) is 11.8 Å². The van der Waals surface area contributed by atoms with Crippen LogP contribution in [0.15, 0.2) is 88.7 Å². The molecular weight excluding hydrogens is 540 g/mol. The van der Waals surface area contributed by atoms with E-state index in [1.807, 2.05) is 73.7 Å². The van der Waals surface area contributed by atoms with Gasteiger partial charge in [-0.25, -0.2) is 0 Å². The summed E-state index contributed by atoms with van der Waals surface area (Å²) in [6.45, 7) is 2.00. The quantitative estimate of drug-likeness (QED) is 0.297. The van der Waals surface area contributed by atoms with E-state index < -0.39 is 0 Å². The third-order valence-corrected chi connectivity index (χ3v) is 11.8. The van der Waals surface area contributed by atoms with Gasteiger partial charge < -0.3 is 9.72 Å². The van der Waals surface area contributed by atoms with Crippen molar-refractivity contribution in [3.63, 3.8) is 0 Å². The van der Waals surface area contributed by atoms with E-state index in [2.05, 4.69) is 17.1 Å². The first-order valence-electron chi connectivity index (χ1n) is 13.6. The number of benzene rings is 3. The van der Waals surface area contributed by atoms with Crippen molar-refractivity contribution in [3.05, 3.63) is 105 Å². The zero-order chi connectivity index (χ0) is 27.1. The van der Waals surface area contributed by atoms with Crippen molar-refractivity contribution in [2.45, 2.75) is 29.5 Å². The molecule has 0 spiro atoms. The molecule has 3 fully saturated rings. The van der Waals surface area contributed by atoms with Gasteiger partial charge in [0.25, 0.3) is 0 Å². The number of anilines is 1.